The van der Waals surface area contributed by atoms with Gasteiger partial charge >= 0.3 is 0 Å². The van der Waals surface area contributed by atoms with Gasteiger partial charge in [0.05, 0.1) is 0 Å². The van der Waals surface area contributed by atoms with Crippen LogP contribution in [0.3, 0.4) is 0 Å². The maximum atomic E-state index is 5.48. The second kappa shape index (κ2) is 7.42. The van der Waals surface area contributed by atoms with Crippen molar-refractivity contribution >= 4 is 0 Å². The van der Waals surface area contributed by atoms with E-state index in [2.05, 4.69) is 57.3 Å². The molecule has 1 aromatic rings. The molecule has 0 spiro atoms. The number of nitrogens with one attached hydrogen (secondary N) is 1. The molecule has 0 amide bonds. The van der Waals surface area contributed by atoms with Gasteiger partial charge in [0.1, 0.15) is 0 Å². The van der Waals surface area contributed by atoms with Crippen LogP contribution in [-0.4, -0.2) is 19.8 Å². The van der Waals surface area contributed by atoms with Crippen molar-refractivity contribution in [3.63, 3.8) is 0 Å². The summed E-state index contributed by atoms with van der Waals surface area (Å²) in [6, 6.07) is 9.69. The van der Waals surface area contributed by atoms with E-state index in [1.54, 1.807) is 0 Å². The molecule has 2 rings (SSSR count). The fraction of sp³-hybridized carbons (Fsp3) is 0.684. The Morgan fingerprint density at radius 3 is 2.29 bits per heavy atom. The summed E-state index contributed by atoms with van der Waals surface area (Å²) in [6.45, 7) is 11.9. The summed E-state index contributed by atoms with van der Waals surface area (Å²) in [5, 5.41) is 3.66. The van der Waals surface area contributed by atoms with Crippen LogP contribution in [0.1, 0.15) is 64.1 Å². The molecule has 1 unspecified atom stereocenters. The first-order chi connectivity index (χ1) is 10.0. The smallest absolute Gasteiger partial charge is 0.0468 e. The van der Waals surface area contributed by atoms with Crippen molar-refractivity contribution in [3.05, 3.63) is 35.4 Å². The lowest BCUT2D eigenvalue weighted by atomic mass is 9.85. The average Bonchev–Trinajstić information content (AvgIpc) is 2.47. The average molecular weight is 289 g/mol. The van der Waals surface area contributed by atoms with Crippen LogP contribution in [0.4, 0.5) is 0 Å². The van der Waals surface area contributed by atoms with Crippen molar-refractivity contribution < 1.29 is 4.74 Å². The molecule has 118 valence electrons. The summed E-state index contributed by atoms with van der Waals surface area (Å²) in [7, 11) is 0. The Bertz CT molecular complexity index is 412. The number of hydrogen-bond donors (Lipinski definition) is 1. The summed E-state index contributed by atoms with van der Waals surface area (Å²) < 4.78 is 5.48. The lowest BCUT2D eigenvalue weighted by molar-refractivity contribution is 0.0606. The van der Waals surface area contributed by atoms with Gasteiger partial charge in [-0.15, -0.1) is 0 Å². The van der Waals surface area contributed by atoms with Gasteiger partial charge in [-0.2, -0.15) is 0 Å². The van der Waals surface area contributed by atoms with Crippen LogP contribution in [0, 0.1) is 5.92 Å². The minimum Gasteiger partial charge on any atom is -0.381 e. The minimum absolute atomic E-state index is 0.229. The van der Waals surface area contributed by atoms with Crippen LogP contribution in [-0.2, 0) is 10.2 Å². The molecule has 0 aromatic heterocycles. The summed E-state index contributed by atoms with van der Waals surface area (Å²) in [4.78, 5) is 0. The van der Waals surface area contributed by atoms with Crippen LogP contribution in [0.15, 0.2) is 24.3 Å². The van der Waals surface area contributed by atoms with Gasteiger partial charge in [0.25, 0.3) is 0 Å². The molecule has 1 fully saturated rings. The number of hydrogen-bond acceptors (Lipinski definition) is 2. The topological polar surface area (TPSA) is 21.3 Å². The quantitative estimate of drug-likeness (QED) is 0.864. The van der Waals surface area contributed by atoms with E-state index in [1.807, 2.05) is 0 Å². The first-order valence-electron chi connectivity index (χ1n) is 8.42. The van der Waals surface area contributed by atoms with Crippen molar-refractivity contribution in [1.29, 1.82) is 0 Å². The molecule has 2 heteroatoms. The van der Waals surface area contributed by atoms with E-state index in [9.17, 15) is 0 Å². The standard InChI is InChI=1S/C19H31NO/c1-5-20-18(14-15-10-12-21-13-11-15)16-6-8-17(9-7-16)19(2,3)4/h6-9,15,18,20H,5,10-14H2,1-4H3. The number of benzene rings is 1. The molecule has 1 aliphatic heterocycles. The monoisotopic (exact) mass is 289 g/mol. The van der Waals surface area contributed by atoms with Crippen molar-refractivity contribution in [2.75, 3.05) is 19.8 Å². The van der Waals surface area contributed by atoms with E-state index in [-0.39, 0.29) is 5.41 Å². The summed E-state index contributed by atoms with van der Waals surface area (Å²) in [6.07, 6.45) is 3.65. The molecule has 1 heterocycles. The van der Waals surface area contributed by atoms with Crippen molar-refractivity contribution in [2.45, 2.75) is 58.4 Å². The fourth-order valence-electron chi connectivity index (χ4n) is 3.11. The van der Waals surface area contributed by atoms with Crippen LogP contribution < -0.4 is 5.32 Å². The maximum Gasteiger partial charge on any atom is 0.0468 e. The van der Waals surface area contributed by atoms with Crippen LogP contribution in [0.5, 0.6) is 0 Å². The first-order valence-corrected chi connectivity index (χ1v) is 8.42. The molecule has 1 aromatic carbocycles. The lowest BCUT2D eigenvalue weighted by Crippen LogP contribution is -2.26. The molecular formula is C19H31NO. The van der Waals surface area contributed by atoms with Gasteiger partial charge in [0, 0.05) is 19.3 Å². The first kappa shape index (κ1) is 16.5. The summed E-state index contributed by atoms with van der Waals surface area (Å²) in [5.74, 6) is 0.796. The van der Waals surface area contributed by atoms with E-state index in [0.717, 1.165) is 25.7 Å². The van der Waals surface area contributed by atoms with E-state index in [4.69, 9.17) is 4.74 Å². The molecule has 0 aliphatic carbocycles. The zero-order valence-electron chi connectivity index (χ0n) is 14.1. The zero-order valence-corrected chi connectivity index (χ0v) is 14.1. The predicted octanol–water partition coefficient (Wildman–Crippen LogP) is 4.45. The van der Waals surface area contributed by atoms with Gasteiger partial charge < -0.3 is 10.1 Å². The zero-order chi connectivity index (χ0) is 15.3. The van der Waals surface area contributed by atoms with E-state index in [1.165, 1.54) is 30.4 Å². The van der Waals surface area contributed by atoms with Crippen LogP contribution >= 0.6 is 0 Å². The SMILES string of the molecule is CCNC(CC1CCOCC1)c1ccc(C(C)(C)C)cc1. The Morgan fingerprint density at radius 1 is 1.14 bits per heavy atom. The van der Waals surface area contributed by atoms with Gasteiger partial charge in [-0.25, -0.2) is 0 Å². The normalized spacial score (nSPS) is 18.7. The van der Waals surface area contributed by atoms with Gasteiger partial charge in [-0.1, -0.05) is 52.0 Å². The molecule has 21 heavy (non-hydrogen) atoms. The Morgan fingerprint density at radius 2 is 1.76 bits per heavy atom. The largest absolute Gasteiger partial charge is 0.381 e. The van der Waals surface area contributed by atoms with Gasteiger partial charge in [0.2, 0.25) is 0 Å². The summed E-state index contributed by atoms with van der Waals surface area (Å²) >= 11 is 0. The third kappa shape index (κ3) is 4.82. The summed E-state index contributed by atoms with van der Waals surface area (Å²) in [5.41, 5.74) is 3.07. The molecular weight excluding hydrogens is 258 g/mol. The molecule has 0 radical (unpaired) electrons. The minimum atomic E-state index is 0.229. The molecule has 1 atom stereocenters. The highest BCUT2D eigenvalue weighted by Crippen LogP contribution is 2.29. The second-order valence-corrected chi connectivity index (χ2v) is 7.27. The van der Waals surface area contributed by atoms with Gasteiger partial charge in [0.15, 0.2) is 0 Å². The molecule has 1 aliphatic rings. The van der Waals surface area contributed by atoms with E-state index >= 15 is 0 Å². The van der Waals surface area contributed by atoms with Gasteiger partial charge in [-0.05, 0) is 48.3 Å². The Balaban J connectivity index is 2.06. The number of ether oxygens (including phenoxy) is 1. The second-order valence-electron chi connectivity index (χ2n) is 7.27. The van der Waals surface area contributed by atoms with Gasteiger partial charge in [-0.3, -0.25) is 0 Å². The van der Waals surface area contributed by atoms with Crippen molar-refractivity contribution in [1.82, 2.24) is 5.32 Å². The Hall–Kier alpha value is -0.860. The highest BCUT2D eigenvalue weighted by molar-refractivity contribution is 5.29. The molecule has 0 bridgehead atoms. The van der Waals surface area contributed by atoms with Crippen molar-refractivity contribution in [2.24, 2.45) is 5.92 Å². The Labute approximate surface area is 130 Å². The van der Waals surface area contributed by atoms with E-state index < -0.39 is 0 Å². The number of rotatable bonds is 5. The maximum absolute atomic E-state index is 5.48. The third-order valence-electron chi connectivity index (χ3n) is 4.54. The fourth-order valence-corrected chi connectivity index (χ4v) is 3.11. The van der Waals surface area contributed by atoms with Crippen molar-refractivity contribution in [3.8, 4) is 0 Å². The lowest BCUT2D eigenvalue weighted by Gasteiger charge is -2.28. The molecule has 1 saturated heterocycles. The molecule has 0 saturated carbocycles. The van der Waals surface area contributed by atoms with E-state index in [0.29, 0.717) is 6.04 Å². The third-order valence-corrected chi connectivity index (χ3v) is 4.54. The molecule has 1 N–H and O–H groups in total. The van der Waals surface area contributed by atoms with Crippen LogP contribution in [0.25, 0.3) is 0 Å². The predicted molar refractivity (Wildman–Crippen MR) is 89.7 cm³/mol. The molecule has 2 nitrogen and oxygen atoms in total. The van der Waals surface area contributed by atoms with Crippen LogP contribution in [0.2, 0.25) is 0 Å². The highest BCUT2D eigenvalue weighted by Gasteiger charge is 2.20. The highest BCUT2D eigenvalue weighted by atomic mass is 16.5. The Kier molecular flexibility index (Phi) is 5.83.